The van der Waals surface area contributed by atoms with Gasteiger partial charge in [0, 0.05) is 5.56 Å². The van der Waals surface area contributed by atoms with Crippen LogP contribution in [0.4, 0.5) is 11.4 Å². The second-order valence-electron chi connectivity index (χ2n) is 7.33. The van der Waals surface area contributed by atoms with Crippen LogP contribution in [-0.4, -0.2) is 23.0 Å². The molecule has 2 aliphatic rings. The van der Waals surface area contributed by atoms with Crippen molar-refractivity contribution in [1.82, 2.24) is 0 Å². The van der Waals surface area contributed by atoms with Gasteiger partial charge >= 0.3 is 0 Å². The van der Waals surface area contributed by atoms with Gasteiger partial charge in [0.2, 0.25) is 5.91 Å². The minimum atomic E-state index is -1.04. The maximum Gasteiger partial charge on any atom is 0.266 e. The quantitative estimate of drug-likeness (QED) is 0.578. The Balaban J connectivity index is 1.60. The molecule has 0 bridgehead atoms. The van der Waals surface area contributed by atoms with Gasteiger partial charge in [-0.25, -0.2) is 9.96 Å². The lowest BCUT2D eigenvalue weighted by Gasteiger charge is -2.29. The van der Waals surface area contributed by atoms with Crippen molar-refractivity contribution in [3.05, 3.63) is 88.4 Å². The van der Waals surface area contributed by atoms with E-state index < -0.39 is 29.9 Å². The van der Waals surface area contributed by atoms with Crippen molar-refractivity contribution in [3.63, 3.8) is 0 Å². The predicted octanol–water partition coefficient (Wildman–Crippen LogP) is 4.75. The van der Waals surface area contributed by atoms with Crippen molar-refractivity contribution in [1.29, 1.82) is 0 Å². The number of nitrogens with zero attached hydrogens (tertiary/aromatic N) is 2. The number of hydrogen-bond acceptors (Lipinski definition) is 5. The molecule has 31 heavy (non-hydrogen) atoms. The number of halogens is 2. The molecule has 0 aliphatic carbocycles. The van der Waals surface area contributed by atoms with E-state index in [1.807, 2.05) is 30.3 Å². The molecule has 0 saturated carbocycles. The number of carbonyl (C=O) groups excluding carboxylic acids is 2. The van der Waals surface area contributed by atoms with Crippen LogP contribution in [0.25, 0.3) is 0 Å². The van der Waals surface area contributed by atoms with Crippen LogP contribution < -0.4 is 9.96 Å². The number of anilines is 2. The molecule has 6 nitrogen and oxygen atoms in total. The van der Waals surface area contributed by atoms with Gasteiger partial charge in [-0.15, -0.1) is 0 Å². The van der Waals surface area contributed by atoms with Crippen molar-refractivity contribution in [3.8, 4) is 5.75 Å². The average molecular weight is 455 g/mol. The number of hydroxylamine groups is 1. The highest BCUT2D eigenvalue weighted by Crippen LogP contribution is 2.49. The van der Waals surface area contributed by atoms with Crippen LogP contribution in [0.1, 0.15) is 11.6 Å². The van der Waals surface area contributed by atoms with E-state index in [0.29, 0.717) is 22.0 Å². The molecule has 2 fully saturated rings. The smallest absolute Gasteiger partial charge is 0.266 e. The summed E-state index contributed by atoms with van der Waals surface area (Å²) in [5, 5.41) is 12.6. The summed E-state index contributed by atoms with van der Waals surface area (Å²) in [5.74, 6) is -1.76. The number of benzene rings is 3. The van der Waals surface area contributed by atoms with Crippen molar-refractivity contribution >= 4 is 46.4 Å². The van der Waals surface area contributed by atoms with E-state index in [-0.39, 0.29) is 10.8 Å². The molecule has 3 atom stereocenters. The zero-order chi connectivity index (χ0) is 21.7. The fourth-order valence-corrected chi connectivity index (χ4v) is 4.44. The molecular formula is C23H16Cl2N2O4. The van der Waals surface area contributed by atoms with Crippen LogP contribution in [0.3, 0.4) is 0 Å². The number of phenols is 1. The van der Waals surface area contributed by atoms with E-state index in [1.165, 1.54) is 17.2 Å². The van der Waals surface area contributed by atoms with Crippen molar-refractivity contribution < 1.29 is 19.5 Å². The van der Waals surface area contributed by atoms with Crippen LogP contribution in [0, 0.1) is 5.92 Å². The van der Waals surface area contributed by atoms with Crippen LogP contribution >= 0.6 is 23.2 Å². The third-order valence-electron chi connectivity index (χ3n) is 5.54. The lowest BCUT2D eigenvalue weighted by atomic mass is 9.90. The highest BCUT2D eigenvalue weighted by Gasteiger charge is 2.60. The largest absolute Gasteiger partial charge is 0.508 e. The highest BCUT2D eigenvalue weighted by atomic mass is 35.5. The summed E-state index contributed by atoms with van der Waals surface area (Å²) in [5.41, 5.74) is 1.49. The fourth-order valence-electron chi connectivity index (χ4n) is 4.15. The van der Waals surface area contributed by atoms with Crippen LogP contribution in [0.15, 0.2) is 72.8 Å². The number of amides is 2. The summed E-state index contributed by atoms with van der Waals surface area (Å²) in [7, 11) is 0. The maximum absolute atomic E-state index is 13.5. The van der Waals surface area contributed by atoms with E-state index in [1.54, 1.807) is 30.3 Å². The third kappa shape index (κ3) is 3.15. The van der Waals surface area contributed by atoms with Crippen molar-refractivity contribution in [2.75, 3.05) is 9.96 Å². The Morgan fingerprint density at radius 3 is 2.23 bits per heavy atom. The molecule has 2 aliphatic heterocycles. The van der Waals surface area contributed by atoms with E-state index in [9.17, 15) is 14.7 Å². The molecule has 2 amide bonds. The normalized spacial score (nSPS) is 22.8. The first-order valence-corrected chi connectivity index (χ1v) is 10.3. The van der Waals surface area contributed by atoms with Gasteiger partial charge in [0.05, 0.1) is 27.5 Å². The molecule has 3 aromatic carbocycles. The molecule has 0 radical (unpaired) electrons. The lowest BCUT2D eigenvalue weighted by Crippen LogP contribution is -2.37. The fraction of sp³-hybridized carbons (Fsp3) is 0.130. The summed E-state index contributed by atoms with van der Waals surface area (Å²) in [6.45, 7) is 0. The summed E-state index contributed by atoms with van der Waals surface area (Å²) in [6, 6.07) is 19.8. The first-order chi connectivity index (χ1) is 15.0. The number of phenolic OH excluding ortho intramolecular Hbond substituents is 1. The Bertz CT molecular complexity index is 1190. The molecule has 5 rings (SSSR count). The molecule has 2 heterocycles. The minimum absolute atomic E-state index is 0.0194. The molecule has 156 valence electrons. The number of carbonyl (C=O) groups is 2. The number of rotatable bonds is 3. The molecule has 8 heteroatoms. The van der Waals surface area contributed by atoms with Gasteiger partial charge in [-0.05, 0) is 36.4 Å². The van der Waals surface area contributed by atoms with Crippen LogP contribution in [0.2, 0.25) is 10.0 Å². The van der Waals surface area contributed by atoms with Gasteiger partial charge in [-0.1, -0.05) is 59.6 Å². The summed E-state index contributed by atoms with van der Waals surface area (Å²) in [6.07, 6.45) is -1.04. The Morgan fingerprint density at radius 2 is 1.52 bits per heavy atom. The number of fused-ring (bicyclic) bond motifs is 1. The SMILES string of the molecule is O=C1[C@H]2[C@@H](ON(c3ccccc3)[C@H]2c2ccccc2O)C(=O)N1c1ccc(Cl)c(Cl)c1. The molecule has 3 aromatic rings. The summed E-state index contributed by atoms with van der Waals surface area (Å²) in [4.78, 5) is 33.9. The first-order valence-electron chi connectivity index (χ1n) is 9.59. The van der Waals surface area contributed by atoms with Crippen molar-refractivity contribution in [2.45, 2.75) is 12.1 Å². The zero-order valence-electron chi connectivity index (χ0n) is 16.0. The third-order valence-corrected chi connectivity index (χ3v) is 6.28. The van der Waals surface area contributed by atoms with E-state index in [2.05, 4.69) is 0 Å². The van der Waals surface area contributed by atoms with Crippen LogP contribution in [-0.2, 0) is 14.4 Å². The van der Waals surface area contributed by atoms with Gasteiger partial charge in [0.25, 0.3) is 5.91 Å². The molecular weight excluding hydrogens is 439 g/mol. The molecule has 0 aromatic heterocycles. The van der Waals surface area contributed by atoms with E-state index in [0.717, 1.165) is 4.90 Å². The average Bonchev–Trinajstić information content (AvgIpc) is 3.27. The van der Waals surface area contributed by atoms with Crippen molar-refractivity contribution in [2.24, 2.45) is 5.92 Å². The summed E-state index contributed by atoms with van der Waals surface area (Å²) < 4.78 is 0. The molecule has 1 N–H and O–H groups in total. The molecule has 2 saturated heterocycles. The van der Waals surface area contributed by atoms with Crippen LogP contribution in [0.5, 0.6) is 5.75 Å². The van der Waals surface area contributed by atoms with Gasteiger partial charge in [0.15, 0.2) is 6.10 Å². The maximum atomic E-state index is 13.5. The standard InChI is InChI=1S/C23H16Cl2N2O4/c24-16-11-10-14(12-17(16)25)26-22(29)19-20(15-8-4-5-9-18(15)28)27(31-21(19)23(26)30)13-6-2-1-3-7-13/h1-12,19-21,28H/t19-,20+,21-/m1/s1. The zero-order valence-corrected chi connectivity index (χ0v) is 17.5. The Labute approximate surface area is 188 Å². The number of imide groups is 1. The highest BCUT2D eigenvalue weighted by molar-refractivity contribution is 6.42. The van der Waals surface area contributed by atoms with E-state index >= 15 is 0 Å². The second kappa shape index (κ2) is 7.57. The Kier molecular flexibility index (Phi) is 4.85. The number of para-hydroxylation sites is 2. The Hall–Kier alpha value is -3.06. The number of aromatic hydroxyl groups is 1. The molecule has 0 spiro atoms. The van der Waals surface area contributed by atoms with Gasteiger partial charge in [-0.2, -0.15) is 0 Å². The monoisotopic (exact) mass is 454 g/mol. The van der Waals surface area contributed by atoms with Gasteiger partial charge in [-0.3, -0.25) is 14.4 Å². The lowest BCUT2D eigenvalue weighted by molar-refractivity contribution is -0.126. The molecule has 0 unspecified atom stereocenters. The predicted molar refractivity (Wildman–Crippen MR) is 117 cm³/mol. The minimum Gasteiger partial charge on any atom is -0.508 e. The number of hydrogen-bond donors (Lipinski definition) is 1. The topological polar surface area (TPSA) is 70.1 Å². The van der Waals surface area contributed by atoms with Gasteiger partial charge < -0.3 is 5.11 Å². The van der Waals surface area contributed by atoms with Gasteiger partial charge in [0.1, 0.15) is 11.7 Å². The second-order valence-corrected chi connectivity index (χ2v) is 8.14. The first kappa shape index (κ1) is 19.9. The Morgan fingerprint density at radius 1 is 0.806 bits per heavy atom. The van der Waals surface area contributed by atoms with E-state index in [4.69, 9.17) is 28.0 Å². The summed E-state index contributed by atoms with van der Waals surface area (Å²) >= 11 is 12.1.